The number of hydrogen-bond donors (Lipinski definition) is 2. The largest absolute Gasteiger partial charge is 0.353 e. The van der Waals surface area contributed by atoms with Gasteiger partial charge >= 0.3 is 0 Å². The van der Waals surface area contributed by atoms with Crippen LogP contribution < -0.4 is 10.6 Å². The van der Waals surface area contributed by atoms with Gasteiger partial charge in [-0.2, -0.15) is 11.3 Å². The summed E-state index contributed by atoms with van der Waals surface area (Å²) in [4.78, 5) is 25.8. The lowest BCUT2D eigenvalue weighted by Crippen LogP contribution is -2.40. The second-order valence-electron chi connectivity index (χ2n) is 5.65. The van der Waals surface area contributed by atoms with Crippen LogP contribution in [0.1, 0.15) is 22.0 Å². The van der Waals surface area contributed by atoms with Crippen molar-refractivity contribution in [1.29, 1.82) is 0 Å². The lowest BCUT2D eigenvalue weighted by molar-refractivity contribution is -0.120. The molecule has 2 N–H and O–H groups in total. The Labute approximate surface area is 148 Å². The smallest absolute Gasteiger partial charge is 0.254 e. The SMILES string of the molecule is CN(C)C(CNC(=O)CNC(=O)c1ccc(F)cc1F)c1ccsc1. The van der Waals surface area contributed by atoms with Crippen LogP contribution in [0.2, 0.25) is 0 Å². The maximum atomic E-state index is 13.5. The van der Waals surface area contributed by atoms with E-state index in [1.165, 1.54) is 0 Å². The predicted octanol–water partition coefficient (Wildman–Crippen LogP) is 2.18. The van der Waals surface area contributed by atoms with Gasteiger partial charge in [-0.05, 0) is 48.6 Å². The molecule has 1 aromatic carbocycles. The van der Waals surface area contributed by atoms with Crippen molar-refractivity contribution in [3.05, 3.63) is 57.8 Å². The van der Waals surface area contributed by atoms with Crippen LogP contribution in [0.3, 0.4) is 0 Å². The molecular formula is C17H19F2N3O2S. The molecule has 0 radical (unpaired) electrons. The van der Waals surface area contributed by atoms with E-state index < -0.39 is 23.4 Å². The molecule has 0 aliphatic heterocycles. The Morgan fingerprint density at radius 1 is 1.20 bits per heavy atom. The van der Waals surface area contributed by atoms with Crippen molar-refractivity contribution in [3.63, 3.8) is 0 Å². The number of likely N-dealkylation sites (N-methyl/N-ethyl adjacent to an activating group) is 1. The lowest BCUT2D eigenvalue weighted by atomic mass is 10.1. The van der Waals surface area contributed by atoms with E-state index in [1.54, 1.807) is 11.3 Å². The number of nitrogens with zero attached hydrogens (tertiary/aromatic N) is 1. The van der Waals surface area contributed by atoms with Crippen molar-refractivity contribution in [2.45, 2.75) is 6.04 Å². The van der Waals surface area contributed by atoms with E-state index >= 15 is 0 Å². The molecule has 0 saturated carbocycles. The van der Waals surface area contributed by atoms with E-state index in [0.29, 0.717) is 12.6 Å². The Morgan fingerprint density at radius 2 is 1.96 bits per heavy atom. The third-order valence-electron chi connectivity index (χ3n) is 3.63. The molecule has 1 aromatic heterocycles. The molecule has 5 nitrogen and oxygen atoms in total. The zero-order valence-electron chi connectivity index (χ0n) is 13.9. The van der Waals surface area contributed by atoms with Crippen LogP contribution in [-0.4, -0.2) is 43.9 Å². The van der Waals surface area contributed by atoms with Crippen molar-refractivity contribution >= 4 is 23.2 Å². The van der Waals surface area contributed by atoms with Crippen molar-refractivity contribution in [1.82, 2.24) is 15.5 Å². The number of benzene rings is 1. The third-order valence-corrected chi connectivity index (χ3v) is 4.33. The summed E-state index contributed by atoms with van der Waals surface area (Å²) >= 11 is 1.58. The molecule has 1 heterocycles. The molecule has 8 heteroatoms. The summed E-state index contributed by atoms with van der Waals surface area (Å²) in [6.07, 6.45) is 0. The zero-order chi connectivity index (χ0) is 18.4. The van der Waals surface area contributed by atoms with Crippen molar-refractivity contribution in [3.8, 4) is 0 Å². The van der Waals surface area contributed by atoms with Crippen LogP contribution >= 0.6 is 11.3 Å². The van der Waals surface area contributed by atoms with Gasteiger partial charge in [-0.3, -0.25) is 9.59 Å². The Kier molecular flexibility index (Phi) is 6.60. The van der Waals surface area contributed by atoms with E-state index in [-0.39, 0.29) is 18.2 Å². The van der Waals surface area contributed by atoms with Crippen LogP contribution in [0.15, 0.2) is 35.0 Å². The highest BCUT2D eigenvalue weighted by Crippen LogP contribution is 2.19. The minimum absolute atomic E-state index is 0.0143. The molecule has 1 atom stereocenters. The van der Waals surface area contributed by atoms with Gasteiger partial charge in [-0.25, -0.2) is 8.78 Å². The van der Waals surface area contributed by atoms with Gasteiger partial charge in [0, 0.05) is 12.6 Å². The van der Waals surface area contributed by atoms with Crippen LogP contribution in [0, 0.1) is 11.6 Å². The first kappa shape index (κ1) is 19.0. The van der Waals surface area contributed by atoms with Gasteiger partial charge in [0.2, 0.25) is 5.91 Å². The second-order valence-corrected chi connectivity index (χ2v) is 6.43. The summed E-state index contributed by atoms with van der Waals surface area (Å²) in [5.74, 6) is -2.90. The average molecular weight is 367 g/mol. The minimum atomic E-state index is -0.969. The van der Waals surface area contributed by atoms with Gasteiger partial charge < -0.3 is 15.5 Å². The fourth-order valence-corrected chi connectivity index (χ4v) is 2.97. The number of nitrogens with one attached hydrogen (secondary N) is 2. The van der Waals surface area contributed by atoms with Gasteiger partial charge in [0.15, 0.2) is 0 Å². The fourth-order valence-electron chi connectivity index (χ4n) is 2.27. The Morgan fingerprint density at radius 3 is 2.56 bits per heavy atom. The summed E-state index contributed by atoms with van der Waals surface area (Å²) in [6, 6.07) is 4.65. The van der Waals surface area contributed by atoms with Crippen LogP contribution in [0.25, 0.3) is 0 Å². The molecule has 2 rings (SSSR count). The van der Waals surface area contributed by atoms with Crippen LogP contribution in [0.4, 0.5) is 8.78 Å². The summed E-state index contributed by atoms with van der Waals surface area (Å²) < 4.78 is 26.4. The molecule has 2 amide bonds. The van der Waals surface area contributed by atoms with E-state index in [2.05, 4.69) is 10.6 Å². The average Bonchev–Trinajstić information content (AvgIpc) is 3.06. The van der Waals surface area contributed by atoms with Gasteiger partial charge in [-0.1, -0.05) is 0 Å². The van der Waals surface area contributed by atoms with Gasteiger partial charge in [0.25, 0.3) is 5.91 Å². The highest BCUT2D eigenvalue weighted by molar-refractivity contribution is 7.07. The lowest BCUT2D eigenvalue weighted by Gasteiger charge is -2.24. The maximum Gasteiger partial charge on any atom is 0.254 e. The monoisotopic (exact) mass is 367 g/mol. The Balaban J connectivity index is 1.85. The zero-order valence-corrected chi connectivity index (χ0v) is 14.7. The summed E-state index contributed by atoms with van der Waals surface area (Å²) in [6.45, 7) is 0.0861. The number of carbonyl (C=O) groups excluding carboxylic acids is 2. The second kappa shape index (κ2) is 8.68. The fraction of sp³-hybridized carbons (Fsp3) is 0.294. The quantitative estimate of drug-likeness (QED) is 0.789. The van der Waals surface area contributed by atoms with E-state index in [4.69, 9.17) is 0 Å². The Hall–Kier alpha value is -2.32. The van der Waals surface area contributed by atoms with Gasteiger partial charge in [0.1, 0.15) is 11.6 Å². The topological polar surface area (TPSA) is 61.4 Å². The molecule has 0 saturated heterocycles. The van der Waals surface area contributed by atoms with Gasteiger partial charge in [0.05, 0.1) is 18.2 Å². The first-order chi connectivity index (χ1) is 11.9. The summed E-state index contributed by atoms with van der Waals surface area (Å²) in [5, 5.41) is 9.03. The van der Waals surface area contributed by atoms with Crippen molar-refractivity contribution < 1.29 is 18.4 Å². The number of halogens is 2. The molecule has 0 spiro atoms. The molecule has 25 heavy (non-hydrogen) atoms. The van der Waals surface area contributed by atoms with Crippen LogP contribution in [0.5, 0.6) is 0 Å². The maximum absolute atomic E-state index is 13.5. The molecule has 1 unspecified atom stereocenters. The van der Waals surface area contributed by atoms with E-state index in [1.807, 2.05) is 35.8 Å². The minimum Gasteiger partial charge on any atom is -0.353 e. The highest BCUT2D eigenvalue weighted by Gasteiger charge is 2.17. The first-order valence-electron chi connectivity index (χ1n) is 7.57. The van der Waals surface area contributed by atoms with Crippen LogP contribution in [-0.2, 0) is 4.79 Å². The number of carbonyl (C=O) groups is 2. The molecule has 0 aliphatic rings. The van der Waals surface area contributed by atoms with Gasteiger partial charge in [-0.15, -0.1) is 0 Å². The molecule has 0 aliphatic carbocycles. The molecular weight excluding hydrogens is 348 g/mol. The number of hydrogen-bond acceptors (Lipinski definition) is 4. The number of rotatable bonds is 7. The summed E-state index contributed by atoms with van der Waals surface area (Å²) in [7, 11) is 3.82. The van der Waals surface area contributed by atoms with Crippen molar-refractivity contribution in [2.75, 3.05) is 27.2 Å². The molecule has 134 valence electrons. The van der Waals surface area contributed by atoms with Crippen molar-refractivity contribution in [2.24, 2.45) is 0 Å². The Bertz CT molecular complexity index is 735. The normalized spacial score (nSPS) is 12.0. The molecule has 0 fully saturated rings. The molecule has 2 aromatic rings. The molecule has 0 bridgehead atoms. The van der Waals surface area contributed by atoms with E-state index in [9.17, 15) is 18.4 Å². The standard InChI is InChI=1S/C17H19F2N3O2S/c1-22(2)15(11-5-6-25-10-11)8-20-16(23)9-21-17(24)13-4-3-12(18)7-14(13)19/h3-7,10,15H,8-9H2,1-2H3,(H,20,23)(H,21,24). The number of amides is 2. The first-order valence-corrected chi connectivity index (χ1v) is 8.51. The van der Waals surface area contributed by atoms with E-state index in [0.717, 1.165) is 17.7 Å². The highest BCUT2D eigenvalue weighted by atomic mass is 32.1. The predicted molar refractivity (Wildman–Crippen MR) is 92.4 cm³/mol. The summed E-state index contributed by atoms with van der Waals surface area (Å²) in [5.41, 5.74) is 0.784. The third kappa shape index (κ3) is 5.33. The number of thiophene rings is 1.